The Morgan fingerprint density at radius 1 is 0.935 bits per heavy atom. The number of carbonyl (C=O) groups excluding carboxylic acids is 4. The van der Waals surface area contributed by atoms with Crippen LogP contribution in [0.15, 0.2) is 42.5 Å². The molecule has 0 spiro atoms. The van der Waals surface area contributed by atoms with E-state index >= 15 is 0 Å². The van der Waals surface area contributed by atoms with E-state index in [0.29, 0.717) is 16.8 Å². The molecule has 2 aromatic rings. The summed E-state index contributed by atoms with van der Waals surface area (Å²) >= 11 is 0. The number of anilines is 1. The first-order chi connectivity index (χ1) is 14.8. The minimum Gasteiger partial charge on any atom is -0.453 e. The number of hydrogen-bond acceptors (Lipinski definition) is 5. The summed E-state index contributed by atoms with van der Waals surface area (Å²) in [5.41, 5.74) is 4.06. The molecular formula is C25H27NO5. The third-order valence-electron chi connectivity index (χ3n) is 5.44. The molecule has 1 aliphatic rings. The van der Waals surface area contributed by atoms with Gasteiger partial charge in [-0.05, 0) is 68.9 Å². The molecule has 2 aromatic carbocycles. The lowest BCUT2D eigenvalue weighted by Gasteiger charge is -2.16. The first kappa shape index (κ1) is 22.4. The largest absolute Gasteiger partial charge is 0.453 e. The van der Waals surface area contributed by atoms with Gasteiger partial charge < -0.3 is 10.1 Å². The Labute approximate surface area is 182 Å². The highest BCUT2D eigenvalue weighted by Crippen LogP contribution is 2.23. The number of fused-ring (bicyclic) bond motifs is 1. The quantitative estimate of drug-likeness (QED) is 0.507. The predicted octanol–water partition coefficient (Wildman–Crippen LogP) is 4.30. The summed E-state index contributed by atoms with van der Waals surface area (Å²) in [6, 6.07) is 12.3. The van der Waals surface area contributed by atoms with Gasteiger partial charge in [0.1, 0.15) is 0 Å². The van der Waals surface area contributed by atoms with Crippen molar-refractivity contribution in [2.45, 2.75) is 58.5 Å². The van der Waals surface area contributed by atoms with Gasteiger partial charge >= 0.3 is 5.97 Å². The normalized spacial score (nSPS) is 13.6. The number of ether oxygens (including phenoxy) is 1. The fourth-order valence-corrected chi connectivity index (χ4v) is 3.64. The summed E-state index contributed by atoms with van der Waals surface area (Å²) in [5, 5.41) is 2.63. The highest BCUT2D eigenvalue weighted by Gasteiger charge is 2.20. The topological polar surface area (TPSA) is 89.5 Å². The van der Waals surface area contributed by atoms with Crippen LogP contribution in [0, 0.1) is 0 Å². The van der Waals surface area contributed by atoms with E-state index in [-0.39, 0.29) is 24.4 Å². The van der Waals surface area contributed by atoms with Gasteiger partial charge in [-0.3, -0.25) is 19.2 Å². The smallest absolute Gasteiger partial charge is 0.307 e. The van der Waals surface area contributed by atoms with Gasteiger partial charge in [-0.2, -0.15) is 0 Å². The second-order valence-electron chi connectivity index (χ2n) is 7.87. The number of Topliss-reactive ketones (excluding diaryl/α,β-unsaturated/α-hetero) is 2. The first-order valence-electron chi connectivity index (χ1n) is 10.6. The molecule has 0 radical (unpaired) electrons. The van der Waals surface area contributed by atoms with Crippen molar-refractivity contribution in [2.24, 2.45) is 0 Å². The van der Waals surface area contributed by atoms with Crippen molar-refractivity contribution in [1.82, 2.24) is 0 Å². The van der Waals surface area contributed by atoms with Crippen molar-refractivity contribution in [3.05, 3.63) is 64.7 Å². The zero-order valence-corrected chi connectivity index (χ0v) is 17.9. The second kappa shape index (κ2) is 10.2. The lowest BCUT2D eigenvalue weighted by molar-refractivity contribution is -0.153. The second-order valence-corrected chi connectivity index (χ2v) is 7.87. The molecule has 0 fully saturated rings. The Bertz CT molecular complexity index is 1010. The Morgan fingerprint density at radius 3 is 2.42 bits per heavy atom. The Hall–Kier alpha value is -3.28. The summed E-state index contributed by atoms with van der Waals surface area (Å²) in [4.78, 5) is 48.3. The third kappa shape index (κ3) is 6.10. The van der Waals surface area contributed by atoms with Gasteiger partial charge in [0.2, 0.25) is 0 Å². The van der Waals surface area contributed by atoms with E-state index < -0.39 is 18.0 Å². The van der Waals surface area contributed by atoms with Crippen LogP contribution in [0.2, 0.25) is 0 Å². The van der Waals surface area contributed by atoms with Crippen LogP contribution < -0.4 is 5.32 Å². The van der Waals surface area contributed by atoms with Gasteiger partial charge in [-0.15, -0.1) is 0 Å². The van der Waals surface area contributed by atoms with Gasteiger partial charge in [0.05, 0.1) is 6.42 Å². The van der Waals surface area contributed by atoms with Crippen molar-refractivity contribution in [1.29, 1.82) is 0 Å². The summed E-state index contributed by atoms with van der Waals surface area (Å²) in [6.45, 7) is 2.91. The number of hydrogen-bond donors (Lipinski definition) is 1. The molecule has 1 amide bonds. The van der Waals surface area contributed by atoms with Crippen LogP contribution in [0.5, 0.6) is 0 Å². The molecule has 0 unspecified atom stereocenters. The fraction of sp³-hybridized carbons (Fsp3) is 0.360. The molecule has 0 saturated heterocycles. The van der Waals surface area contributed by atoms with Crippen molar-refractivity contribution in [3.63, 3.8) is 0 Å². The molecule has 1 atom stereocenters. The van der Waals surface area contributed by atoms with E-state index in [1.165, 1.54) is 31.4 Å². The lowest BCUT2D eigenvalue weighted by Crippen LogP contribution is -2.30. The maximum atomic E-state index is 12.5. The predicted molar refractivity (Wildman–Crippen MR) is 117 cm³/mol. The molecule has 0 heterocycles. The van der Waals surface area contributed by atoms with Crippen molar-refractivity contribution < 1.29 is 23.9 Å². The summed E-state index contributed by atoms with van der Waals surface area (Å²) in [5.74, 6) is -1.33. The Morgan fingerprint density at radius 2 is 1.68 bits per heavy atom. The minimum absolute atomic E-state index is 0.0343. The number of esters is 1. The average Bonchev–Trinajstić information content (AvgIpc) is 2.77. The average molecular weight is 421 g/mol. The minimum atomic E-state index is -1.02. The van der Waals surface area contributed by atoms with E-state index in [4.69, 9.17) is 4.74 Å². The molecule has 31 heavy (non-hydrogen) atoms. The molecule has 0 bridgehead atoms. The Kier molecular flexibility index (Phi) is 7.34. The van der Waals surface area contributed by atoms with Crippen LogP contribution in [0.25, 0.3) is 0 Å². The molecule has 162 valence electrons. The zero-order valence-electron chi connectivity index (χ0n) is 17.9. The van der Waals surface area contributed by atoms with E-state index in [1.807, 2.05) is 18.2 Å². The summed E-state index contributed by atoms with van der Waals surface area (Å²) in [6.07, 6.45) is 3.28. The van der Waals surface area contributed by atoms with Gasteiger partial charge in [0.15, 0.2) is 17.7 Å². The highest BCUT2D eigenvalue weighted by atomic mass is 16.5. The Balaban J connectivity index is 1.48. The highest BCUT2D eigenvalue weighted by molar-refractivity contribution is 5.99. The van der Waals surface area contributed by atoms with Crippen LogP contribution in [-0.4, -0.2) is 29.5 Å². The molecule has 3 rings (SSSR count). The monoisotopic (exact) mass is 421 g/mol. The van der Waals surface area contributed by atoms with Gasteiger partial charge in [0, 0.05) is 23.2 Å². The van der Waals surface area contributed by atoms with E-state index in [9.17, 15) is 19.2 Å². The lowest BCUT2D eigenvalue weighted by atomic mass is 9.89. The van der Waals surface area contributed by atoms with Crippen molar-refractivity contribution >= 4 is 29.1 Å². The molecule has 0 saturated carbocycles. The zero-order chi connectivity index (χ0) is 22.4. The molecule has 6 heteroatoms. The van der Waals surface area contributed by atoms with Crippen molar-refractivity contribution in [3.8, 4) is 0 Å². The van der Waals surface area contributed by atoms with E-state index in [0.717, 1.165) is 19.3 Å². The number of amides is 1. The van der Waals surface area contributed by atoms with Crippen LogP contribution in [-0.2, 0) is 27.2 Å². The van der Waals surface area contributed by atoms with Crippen LogP contribution in [0.4, 0.5) is 5.69 Å². The number of carbonyl (C=O) groups is 4. The van der Waals surface area contributed by atoms with Crippen LogP contribution >= 0.6 is 0 Å². The van der Waals surface area contributed by atoms with Crippen LogP contribution in [0.3, 0.4) is 0 Å². The molecule has 1 aliphatic carbocycles. The van der Waals surface area contributed by atoms with Crippen LogP contribution in [0.1, 0.15) is 71.4 Å². The molecule has 0 aliphatic heterocycles. The van der Waals surface area contributed by atoms with Crippen molar-refractivity contribution in [2.75, 3.05) is 5.32 Å². The third-order valence-corrected chi connectivity index (χ3v) is 5.44. The van der Waals surface area contributed by atoms with Gasteiger partial charge in [-0.25, -0.2) is 0 Å². The number of ketones is 2. The number of nitrogens with one attached hydrogen (secondary N) is 1. The maximum absolute atomic E-state index is 12.5. The number of rotatable bonds is 8. The van der Waals surface area contributed by atoms with Gasteiger partial charge in [0.25, 0.3) is 5.91 Å². The van der Waals surface area contributed by atoms with E-state index in [2.05, 4.69) is 5.32 Å². The standard InChI is InChI=1S/C25H27NO5/c1-16(27)19-8-5-9-22(15-19)26-25(30)17(2)31-24(29)13-12-23(28)21-11-10-18-6-3-4-7-20(18)14-21/h5,8-11,14-15,17H,3-4,6-7,12-13H2,1-2H3,(H,26,30)/t17-/m1/s1. The molecular weight excluding hydrogens is 394 g/mol. The molecule has 0 aromatic heterocycles. The fourth-order valence-electron chi connectivity index (χ4n) is 3.64. The summed E-state index contributed by atoms with van der Waals surface area (Å²) < 4.78 is 5.17. The van der Waals surface area contributed by atoms with E-state index in [1.54, 1.807) is 24.3 Å². The number of aryl methyl sites for hydroxylation is 2. The maximum Gasteiger partial charge on any atom is 0.307 e. The molecule has 1 N–H and O–H groups in total. The number of benzene rings is 2. The first-order valence-corrected chi connectivity index (χ1v) is 10.6. The SMILES string of the molecule is CC(=O)c1cccc(NC(=O)[C@@H](C)OC(=O)CCC(=O)c2ccc3c(c2)CCCC3)c1. The molecule has 6 nitrogen and oxygen atoms in total. The van der Waals surface area contributed by atoms with Gasteiger partial charge in [-0.1, -0.05) is 24.3 Å². The summed E-state index contributed by atoms with van der Waals surface area (Å²) in [7, 11) is 0.